The van der Waals surface area contributed by atoms with Crippen molar-refractivity contribution in [2.45, 2.75) is 39.5 Å². The Morgan fingerprint density at radius 3 is 2.37 bits per heavy atom. The maximum absolute atomic E-state index is 11.4. The van der Waals surface area contributed by atoms with E-state index in [2.05, 4.69) is 35.7 Å². The van der Waals surface area contributed by atoms with Crippen LogP contribution in [0.25, 0.3) is 22.0 Å². The lowest BCUT2D eigenvalue weighted by molar-refractivity contribution is 0.607. The quantitative estimate of drug-likeness (QED) is 0.551. The molecule has 4 N–H and O–H groups in total. The molecule has 3 rings (SSSR count). The van der Waals surface area contributed by atoms with Gasteiger partial charge in [-0.2, -0.15) is 0 Å². The first-order chi connectivity index (χ1) is 12.8. The first-order valence-corrected chi connectivity index (χ1v) is 11.2. The molecular formula is C21H27N3O2S. The molecule has 0 saturated carbocycles. The van der Waals surface area contributed by atoms with Crippen LogP contribution < -0.4 is 10.5 Å². The summed E-state index contributed by atoms with van der Waals surface area (Å²) < 4.78 is 25.3. The van der Waals surface area contributed by atoms with Crippen LogP contribution in [0, 0.1) is 0 Å². The van der Waals surface area contributed by atoms with Gasteiger partial charge in [0.05, 0.1) is 11.9 Å². The molecule has 0 amide bonds. The van der Waals surface area contributed by atoms with E-state index in [9.17, 15) is 8.42 Å². The summed E-state index contributed by atoms with van der Waals surface area (Å²) in [6.07, 6.45) is 5.17. The molecule has 0 fully saturated rings. The predicted molar refractivity (Wildman–Crippen MR) is 115 cm³/mol. The van der Waals surface area contributed by atoms with Crippen LogP contribution in [0.4, 0.5) is 11.4 Å². The lowest BCUT2D eigenvalue weighted by Crippen LogP contribution is -2.09. The number of H-pyrrole nitrogens is 1. The summed E-state index contributed by atoms with van der Waals surface area (Å²) in [5.41, 5.74) is 13.5. The Balaban J connectivity index is 2.11. The van der Waals surface area contributed by atoms with Gasteiger partial charge >= 0.3 is 0 Å². The number of aromatic amines is 1. The fraction of sp³-hybridized carbons (Fsp3) is 0.333. The molecule has 6 heteroatoms. The second-order valence-electron chi connectivity index (χ2n) is 6.94. The molecule has 2 aromatic carbocycles. The molecule has 27 heavy (non-hydrogen) atoms. The third kappa shape index (κ3) is 4.11. The smallest absolute Gasteiger partial charge is 0.229 e. The van der Waals surface area contributed by atoms with Crippen molar-refractivity contribution in [1.29, 1.82) is 0 Å². The van der Waals surface area contributed by atoms with Crippen LogP contribution in [0.1, 0.15) is 37.9 Å². The van der Waals surface area contributed by atoms with E-state index in [0.29, 0.717) is 5.69 Å². The molecule has 0 aliphatic rings. The van der Waals surface area contributed by atoms with Gasteiger partial charge in [0.25, 0.3) is 0 Å². The minimum atomic E-state index is -3.28. The second-order valence-corrected chi connectivity index (χ2v) is 8.69. The number of aryl methyl sites for hydroxylation is 2. The highest BCUT2D eigenvalue weighted by Gasteiger charge is 2.16. The van der Waals surface area contributed by atoms with Crippen molar-refractivity contribution in [2.24, 2.45) is 0 Å². The van der Waals surface area contributed by atoms with Crippen LogP contribution in [-0.4, -0.2) is 19.7 Å². The number of hydrogen-bond acceptors (Lipinski definition) is 3. The van der Waals surface area contributed by atoms with Crippen LogP contribution >= 0.6 is 0 Å². The molecule has 0 aliphatic heterocycles. The second kappa shape index (κ2) is 7.64. The topological polar surface area (TPSA) is 88.0 Å². The molecule has 0 aliphatic carbocycles. The first kappa shape index (κ1) is 19.3. The highest BCUT2D eigenvalue weighted by atomic mass is 32.2. The van der Waals surface area contributed by atoms with Gasteiger partial charge in [-0.05, 0) is 54.2 Å². The Hall–Kier alpha value is -2.47. The largest absolute Gasteiger partial charge is 0.397 e. The molecular weight excluding hydrogens is 358 g/mol. The van der Waals surface area contributed by atoms with Crippen LogP contribution in [-0.2, 0) is 22.9 Å². The average Bonchev–Trinajstić information content (AvgIpc) is 2.95. The molecule has 5 nitrogen and oxygen atoms in total. The van der Waals surface area contributed by atoms with Gasteiger partial charge in [-0.25, -0.2) is 8.42 Å². The monoisotopic (exact) mass is 385 g/mol. The molecule has 0 bridgehead atoms. The van der Waals surface area contributed by atoms with Gasteiger partial charge in [0.2, 0.25) is 10.0 Å². The molecule has 0 spiro atoms. The highest BCUT2D eigenvalue weighted by molar-refractivity contribution is 7.92. The number of hydrogen-bond donors (Lipinski definition) is 3. The fourth-order valence-electron chi connectivity index (χ4n) is 3.53. The molecule has 0 unspecified atom stereocenters. The van der Waals surface area contributed by atoms with Crippen molar-refractivity contribution in [1.82, 2.24) is 4.98 Å². The number of benzene rings is 2. The Labute approximate surface area is 161 Å². The van der Waals surface area contributed by atoms with Crippen molar-refractivity contribution < 1.29 is 8.42 Å². The van der Waals surface area contributed by atoms with Gasteiger partial charge in [0.1, 0.15) is 0 Å². The maximum atomic E-state index is 11.4. The molecule has 1 aromatic heterocycles. The van der Waals surface area contributed by atoms with E-state index in [1.165, 1.54) is 5.56 Å². The Morgan fingerprint density at radius 1 is 1.07 bits per heavy atom. The van der Waals surface area contributed by atoms with Gasteiger partial charge in [0, 0.05) is 22.3 Å². The Morgan fingerprint density at radius 2 is 1.78 bits per heavy atom. The first-order valence-electron chi connectivity index (χ1n) is 9.34. The summed E-state index contributed by atoms with van der Waals surface area (Å²) in [6.45, 7) is 4.28. The SMILES string of the molecule is CCCCc1c(-c2ccc(NS(C)(=O)=O)cc2)ccc2[nH]c(CC)c(N)c12. The zero-order chi connectivity index (χ0) is 19.6. The molecule has 1 heterocycles. The summed E-state index contributed by atoms with van der Waals surface area (Å²) >= 11 is 0. The number of sulfonamides is 1. The Kier molecular flexibility index (Phi) is 5.46. The Bertz CT molecular complexity index is 1050. The lowest BCUT2D eigenvalue weighted by Gasteiger charge is -2.13. The predicted octanol–water partition coefficient (Wildman–Crippen LogP) is 4.69. The van der Waals surface area contributed by atoms with Gasteiger partial charge in [-0.1, -0.05) is 38.5 Å². The number of nitrogens with one attached hydrogen (secondary N) is 2. The van der Waals surface area contributed by atoms with E-state index < -0.39 is 10.0 Å². The summed E-state index contributed by atoms with van der Waals surface area (Å²) in [5.74, 6) is 0. The molecule has 3 aromatic rings. The standard InChI is InChI=1S/C21H27N3O2S/c1-4-6-7-17-16(12-13-19-20(17)21(22)18(5-2)23-19)14-8-10-15(11-9-14)24-27(3,25)26/h8-13,23-24H,4-7,22H2,1-3H3. The van der Waals surface area contributed by atoms with Crippen LogP contribution in [0.5, 0.6) is 0 Å². The summed E-state index contributed by atoms with van der Waals surface area (Å²) in [6, 6.07) is 11.7. The van der Waals surface area contributed by atoms with E-state index in [1.807, 2.05) is 12.1 Å². The number of nitrogen functional groups attached to an aromatic ring is 1. The normalized spacial score (nSPS) is 11.8. The van der Waals surface area contributed by atoms with Crippen molar-refractivity contribution in [3.8, 4) is 11.1 Å². The average molecular weight is 386 g/mol. The third-order valence-corrected chi connectivity index (χ3v) is 5.43. The molecule has 144 valence electrons. The number of aromatic nitrogens is 1. The molecule has 0 atom stereocenters. The number of rotatable bonds is 7. The zero-order valence-corrected chi connectivity index (χ0v) is 16.9. The van der Waals surface area contributed by atoms with E-state index >= 15 is 0 Å². The van der Waals surface area contributed by atoms with Gasteiger partial charge in [0.15, 0.2) is 0 Å². The van der Waals surface area contributed by atoms with E-state index in [1.54, 1.807) is 12.1 Å². The van der Waals surface area contributed by atoms with Crippen LogP contribution in [0.15, 0.2) is 36.4 Å². The van der Waals surface area contributed by atoms with Gasteiger partial charge < -0.3 is 10.7 Å². The minimum Gasteiger partial charge on any atom is -0.397 e. The van der Waals surface area contributed by atoms with Gasteiger partial charge in [-0.15, -0.1) is 0 Å². The van der Waals surface area contributed by atoms with Crippen LogP contribution in [0.3, 0.4) is 0 Å². The van der Waals surface area contributed by atoms with E-state index in [-0.39, 0.29) is 0 Å². The van der Waals surface area contributed by atoms with Crippen molar-refractivity contribution >= 4 is 32.3 Å². The van der Waals surface area contributed by atoms with Crippen molar-refractivity contribution in [2.75, 3.05) is 16.7 Å². The van der Waals surface area contributed by atoms with Crippen LogP contribution in [0.2, 0.25) is 0 Å². The summed E-state index contributed by atoms with van der Waals surface area (Å²) in [4.78, 5) is 3.44. The number of anilines is 2. The highest BCUT2D eigenvalue weighted by Crippen LogP contribution is 2.36. The van der Waals surface area contributed by atoms with E-state index in [0.717, 1.165) is 65.4 Å². The van der Waals surface area contributed by atoms with Crippen molar-refractivity contribution in [3.05, 3.63) is 47.7 Å². The number of unbranched alkanes of at least 4 members (excludes halogenated alkanes) is 1. The summed E-state index contributed by atoms with van der Waals surface area (Å²) in [5, 5.41) is 1.12. The maximum Gasteiger partial charge on any atom is 0.229 e. The minimum absolute atomic E-state index is 0.562. The van der Waals surface area contributed by atoms with Crippen molar-refractivity contribution in [3.63, 3.8) is 0 Å². The lowest BCUT2D eigenvalue weighted by atomic mass is 9.92. The zero-order valence-electron chi connectivity index (χ0n) is 16.1. The summed E-state index contributed by atoms with van der Waals surface area (Å²) in [7, 11) is -3.28. The molecule has 0 saturated heterocycles. The molecule has 0 radical (unpaired) electrons. The number of nitrogens with two attached hydrogens (primary N) is 1. The fourth-order valence-corrected chi connectivity index (χ4v) is 4.10. The van der Waals surface area contributed by atoms with Gasteiger partial charge in [-0.3, -0.25) is 4.72 Å². The third-order valence-electron chi connectivity index (χ3n) is 4.83. The number of fused-ring (bicyclic) bond motifs is 1. The van der Waals surface area contributed by atoms with E-state index in [4.69, 9.17) is 5.73 Å².